The van der Waals surface area contributed by atoms with Gasteiger partial charge in [-0.25, -0.2) is 9.37 Å². The van der Waals surface area contributed by atoms with Crippen molar-refractivity contribution in [2.45, 2.75) is 25.8 Å². The maximum Gasteiger partial charge on any atom is 0.248 e. The Morgan fingerprint density at radius 1 is 1.15 bits per heavy atom. The van der Waals surface area contributed by atoms with E-state index in [0.717, 1.165) is 30.0 Å². The SMILES string of the molecule is O=C(/C=C/c1cccc(F)c1)Nc1ccc(-c2cn3c(n2)CCCC3)cc1. The standard InChI is InChI=1S/C22H20FN3O/c23-18-5-3-4-16(14-18)7-12-22(27)24-19-10-8-17(9-11-19)20-15-26-13-2-1-6-21(26)25-20/h3-5,7-12,14-15H,1-2,6,13H2,(H,24,27)/b12-7+. The molecule has 0 fully saturated rings. The molecule has 2 aromatic carbocycles. The summed E-state index contributed by atoms with van der Waals surface area (Å²) in [6.07, 6.45) is 8.52. The molecular formula is C22H20FN3O. The zero-order chi connectivity index (χ0) is 18.6. The van der Waals surface area contributed by atoms with Crippen molar-refractivity contribution in [1.82, 2.24) is 9.55 Å². The number of imidazole rings is 1. The Morgan fingerprint density at radius 2 is 2.00 bits per heavy atom. The molecule has 1 aliphatic rings. The number of hydrogen-bond acceptors (Lipinski definition) is 2. The molecule has 0 atom stereocenters. The lowest BCUT2D eigenvalue weighted by Gasteiger charge is -2.11. The molecule has 1 N–H and O–H groups in total. The van der Waals surface area contributed by atoms with Gasteiger partial charge in [0.1, 0.15) is 11.6 Å². The van der Waals surface area contributed by atoms with Gasteiger partial charge >= 0.3 is 0 Å². The van der Waals surface area contributed by atoms with E-state index in [1.165, 1.54) is 31.1 Å². The van der Waals surface area contributed by atoms with Crippen molar-refractivity contribution in [3.8, 4) is 11.3 Å². The van der Waals surface area contributed by atoms with Gasteiger partial charge in [-0.2, -0.15) is 0 Å². The molecule has 0 saturated heterocycles. The number of rotatable bonds is 4. The van der Waals surface area contributed by atoms with E-state index in [1.54, 1.807) is 18.2 Å². The fraction of sp³-hybridized carbons (Fsp3) is 0.182. The summed E-state index contributed by atoms with van der Waals surface area (Å²) in [5.74, 6) is 0.565. The number of halogens is 1. The summed E-state index contributed by atoms with van der Waals surface area (Å²) < 4.78 is 15.4. The largest absolute Gasteiger partial charge is 0.334 e. The van der Waals surface area contributed by atoms with Crippen LogP contribution in [0, 0.1) is 5.82 Å². The molecule has 27 heavy (non-hydrogen) atoms. The molecule has 1 aliphatic heterocycles. The molecule has 1 aromatic heterocycles. The third kappa shape index (κ3) is 4.14. The molecule has 0 saturated carbocycles. The fourth-order valence-electron chi connectivity index (χ4n) is 3.24. The van der Waals surface area contributed by atoms with Crippen LogP contribution in [0.25, 0.3) is 17.3 Å². The number of anilines is 1. The second kappa shape index (κ2) is 7.58. The summed E-state index contributed by atoms with van der Waals surface area (Å²) in [6.45, 7) is 1.04. The van der Waals surface area contributed by atoms with Crippen molar-refractivity contribution in [3.63, 3.8) is 0 Å². The van der Waals surface area contributed by atoms with Gasteiger partial charge < -0.3 is 9.88 Å². The lowest BCUT2D eigenvalue weighted by atomic mass is 10.1. The van der Waals surface area contributed by atoms with Crippen molar-refractivity contribution in [2.75, 3.05) is 5.32 Å². The Kier molecular flexibility index (Phi) is 4.83. The maximum atomic E-state index is 13.2. The van der Waals surface area contributed by atoms with Crippen LogP contribution in [-0.2, 0) is 17.8 Å². The highest BCUT2D eigenvalue weighted by Crippen LogP contribution is 2.24. The summed E-state index contributed by atoms with van der Waals surface area (Å²) in [5.41, 5.74) is 3.35. The van der Waals surface area contributed by atoms with Gasteiger partial charge in [0.2, 0.25) is 5.91 Å². The van der Waals surface area contributed by atoms with Crippen LogP contribution in [0.2, 0.25) is 0 Å². The lowest BCUT2D eigenvalue weighted by Crippen LogP contribution is -2.08. The van der Waals surface area contributed by atoms with Gasteiger partial charge in [0.25, 0.3) is 0 Å². The van der Waals surface area contributed by atoms with E-state index >= 15 is 0 Å². The normalized spacial score (nSPS) is 13.5. The summed E-state index contributed by atoms with van der Waals surface area (Å²) >= 11 is 0. The first-order valence-corrected chi connectivity index (χ1v) is 9.08. The highest BCUT2D eigenvalue weighted by Gasteiger charge is 2.13. The van der Waals surface area contributed by atoms with Crippen LogP contribution in [0.15, 0.2) is 60.8 Å². The third-order valence-corrected chi connectivity index (χ3v) is 4.63. The molecule has 136 valence electrons. The third-order valence-electron chi connectivity index (χ3n) is 4.63. The predicted molar refractivity (Wildman–Crippen MR) is 105 cm³/mol. The summed E-state index contributed by atoms with van der Waals surface area (Å²) in [7, 11) is 0. The fourth-order valence-corrected chi connectivity index (χ4v) is 3.24. The molecule has 0 aliphatic carbocycles. The highest BCUT2D eigenvalue weighted by molar-refractivity contribution is 6.02. The van der Waals surface area contributed by atoms with Crippen molar-refractivity contribution in [1.29, 1.82) is 0 Å². The quantitative estimate of drug-likeness (QED) is 0.686. The lowest BCUT2D eigenvalue weighted by molar-refractivity contribution is -0.111. The van der Waals surface area contributed by atoms with Gasteiger partial charge in [-0.1, -0.05) is 24.3 Å². The number of aryl methyl sites for hydroxylation is 2. The van der Waals surface area contributed by atoms with Gasteiger partial charge in [-0.05, 0) is 48.7 Å². The minimum Gasteiger partial charge on any atom is -0.334 e. The Balaban J connectivity index is 1.41. The average molecular weight is 361 g/mol. The second-order valence-electron chi connectivity index (χ2n) is 6.65. The Labute approximate surface area is 157 Å². The first-order chi connectivity index (χ1) is 13.2. The molecule has 0 radical (unpaired) electrons. The molecule has 2 heterocycles. The maximum absolute atomic E-state index is 13.2. The number of benzene rings is 2. The summed E-state index contributed by atoms with van der Waals surface area (Å²) in [5, 5.41) is 2.81. The molecule has 4 rings (SSSR count). The predicted octanol–water partition coefficient (Wildman–Crippen LogP) is 4.68. The summed E-state index contributed by atoms with van der Waals surface area (Å²) in [6, 6.07) is 13.7. The average Bonchev–Trinajstić information content (AvgIpc) is 3.11. The number of nitrogens with zero attached hydrogens (tertiary/aromatic N) is 2. The zero-order valence-electron chi connectivity index (χ0n) is 14.9. The smallest absolute Gasteiger partial charge is 0.248 e. The number of hydrogen-bond donors (Lipinski definition) is 1. The van der Waals surface area contributed by atoms with Gasteiger partial charge in [0, 0.05) is 36.5 Å². The minimum absolute atomic E-state index is 0.260. The van der Waals surface area contributed by atoms with Gasteiger partial charge in [-0.3, -0.25) is 4.79 Å². The highest BCUT2D eigenvalue weighted by atomic mass is 19.1. The molecule has 5 heteroatoms. The number of carbonyl (C=O) groups excluding carboxylic acids is 1. The van der Waals surface area contributed by atoms with Crippen LogP contribution in [0.4, 0.5) is 10.1 Å². The number of nitrogens with one attached hydrogen (secondary N) is 1. The Morgan fingerprint density at radius 3 is 2.78 bits per heavy atom. The van der Waals surface area contributed by atoms with E-state index in [-0.39, 0.29) is 11.7 Å². The van der Waals surface area contributed by atoms with E-state index < -0.39 is 0 Å². The van der Waals surface area contributed by atoms with E-state index in [4.69, 9.17) is 4.98 Å². The second-order valence-corrected chi connectivity index (χ2v) is 6.65. The van der Waals surface area contributed by atoms with Crippen LogP contribution < -0.4 is 5.32 Å². The summed E-state index contributed by atoms with van der Waals surface area (Å²) in [4.78, 5) is 16.8. The van der Waals surface area contributed by atoms with E-state index in [0.29, 0.717) is 11.3 Å². The number of amides is 1. The van der Waals surface area contributed by atoms with Crippen molar-refractivity contribution in [2.24, 2.45) is 0 Å². The van der Waals surface area contributed by atoms with Crippen molar-refractivity contribution >= 4 is 17.7 Å². The zero-order valence-corrected chi connectivity index (χ0v) is 14.9. The van der Waals surface area contributed by atoms with E-state index in [2.05, 4.69) is 16.1 Å². The van der Waals surface area contributed by atoms with Crippen molar-refractivity contribution < 1.29 is 9.18 Å². The van der Waals surface area contributed by atoms with Gasteiger partial charge in [0.05, 0.1) is 5.69 Å². The number of fused-ring (bicyclic) bond motifs is 1. The molecular weight excluding hydrogens is 341 g/mol. The van der Waals surface area contributed by atoms with Crippen LogP contribution in [0.5, 0.6) is 0 Å². The van der Waals surface area contributed by atoms with Gasteiger partial charge in [0.15, 0.2) is 0 Å². The first-order valence-electron chi connectivity index (χ1n) is 9.08. The van der Waals surface area contributed by atoms with Crippen LogP contribution in [-0.4, -0.2) is 15.5 Å². The molecule has 0 unspecified atom stereocenters. The number of aromatic nitrogens is 2. The Bertz CT molecular complexity index is 966. The minimum atomic E-state index is -0.325. The molecule has 0 bridgehead atoms. The molecule has 3 aromatic rings. The monoisotopic (exact) mass is 361 g/mol. The van der Waals surface area contributed by atoms with E-state index in [1.807, 2.05) is 24.3 Å². The topological polar surface area (TPSA) is 46.9 Å². The first kappa shape index (κ1) is 17.2. The van der Waals surface area contributed by atoms with Crippen LogP contribution >= 0.6 is 0 Å². The number of carbonyl (C=O) groups is 1. The van der Waals surface area contributed by atoms with E-state index in [9.17, 15) is 9.18 Å². The molecule has 0 spiro atoms. The van der Waals surface area contributed by atoms with Crippen LogP contribution in [0.3, 0.4) is 0 Å². The molecule has 1 amide bonds. The van der Waals surface area contributed by atoms with Gasteiger partial charge in [-0.15, -0.1) is 0 Å². The van der Waals surface area contributed by atoms with Crippen molar-refractivity contribution in [3.05, 3.63) is 78.0 Å². The molecule has 4 nitrogen and oxygen atoms in total. The van der Waals surface area contributed by atoms with Crippen LogP contribution in [0.1, 0.15) is 24.2 Å². The Hall–Kier alpha value is -3.21.